The molecule has 0 spiro atoms. The number of halogens is 2. The largest absolute Gasteiger partial charge is 0.385 e. The third-order valence-electron chi connectivity index (χ3n) is 3.98. The molecule has 9 nitrogen and oxygen atoms in total. The number of ketones is 1. The Morgan fingerprint density at radius 2 is 1.65 bits per heavy atom. The monoisotopic (exact) mass is 395 g/mol. The molecule has 2 aromatic rings. The van der Waals surface area contributed by atoms with Gasteiger partial charge in [0.15, 0.2) is 0 Å². The number of fused-ring (bicyclic) bond motifs is 1. The van der Waals surface area contributed by atoms with Crippen LogP contribution in [0.5, 0.6) is 0 Å². The minimum absolute atomic E-state index is 0.211. The van der Waals surface area contributed by atoms with E-state index in [0.29, 0.717) is 0 Å². The number of carbonyl (C=O) groups is 2. The van der Waals surface area contributed by atoms with Crippen LogP contribution >= 0.6 is 23.2 Å². The Bertz CT molecular complexity index is 995. The molecule has 132 valence electrons. The van der Waals surface area contributed by atoms with Gasteiger partial charge in [-0.15, -0.1) is 0 Å². The molecule has 1 N–H and O–H groups in total. The molecule has 0 bridgehead atoms. The van der Waals surface area contributed by atoms with Crippen LogP contribution < -0.4 is 5.32 Å². The van der Waals surface area contributed by atoms with Crippen molar-refractivity contribution in [1.82, 2.24) is 0 Å². The van der Waals surface area contributed by atoms with Gasteiger partial charge in [0.1, 0.15) is 5.02 Å². The SMILES string of the molecule is O=C1Nc2c(Cl)cc([N+](=O)[O-])c(Cl)c2C(=O)C1(c1ccccc1)[N+](=O)[O-]. The van der Waals surface area contributed by atoms with Crippen molar-refractivity contribution in [3.8, 4) is 0 Å². The van der Waals surface area contributed by atoms with Gasteiger partial charge in [-0.1, -0.05) is 53.5 Å². The fourth-order valence-corrected chi connectivity index (χ4v) is 3.33. The zero-order valence-corrected chi connectivity index (χ0v) is 14.1. The van der Waals surface area contributed by atoms with Crippen molar-refractivity contribution in [1.29, 1.82) is 0 Å². The van der Waals surface area contributed by atoms with E-state index in [0.717, 1.165) is 6.07 Å². The first-order valence-electron chi connectivity index (χ1n) is 6.95. The molecule has 1 heterocycles. The molecule has 0 aromatic heterocycles. The summed E-state index contributed by atoms with van der Waals surface area (Å²) in [5, 5.41) is 24.2. The number of carbonyl (C=O) groups excluding carboxylic acids is 2. The van der Waals surface area contributed by atoms with Gasteiger partial charge in [0, 0.05) is 16.6 Å². The number of Topliss-reactive ketones (excluding diaryl/α,β-unsaturated/α-hetero) is 1. The van der Waals surface area contributed by atoms with Gasteiger partial charge in [0.25, 0.3) is 11.5 Å². The normalized spacial score (nSPS) is 18.8. The molecule has 1 unspecified atom stereocenters. The molecule has 3 rings (SSSR count). The number of nitro groups is 2. The number of anilines is 1. The molecule has 2 aromatic carbocycles. The maximum atomic E-state index is 13.1. The van der Waals surface area contributed by atoms with E-state index in [-0.39, 0.29) is 16.3 Å². The predicted octanol–water partition coefficient (Wildman–Crippen LogP) is 3.21. The van der Waals surface area contributed by atoms with Crippen molar-refractivity contribution in [3.05, 3.63) is 77.8 Å². The number of nitrogens with one attached hydrogen (secondary N) is 1. The number of nitro benzene ring substituents is 1. The van der Waals surface area contributed by atoms with Crippen LogP contribution in [0.3, 0.4) is 0 Å². The van der Waals surface area contributed by atoms with Crippen LogP contribution in [0.1, 0.15) is 15.9 Å². The molecule has 0 saturated heterocycles. The number of amides is 1. The van der Waals surface area contributed by atoms with Crippen molar-refractivity contribution in [3.63, 3.8) is 0 Å². The second kappa shape index (κ2) is 6.04. The predicted molar refractivity (Wildman–Crippen MR) is 91.2 cm³/mol. The standard InChI is InChI=1S/C15H7Cl2N3O6/c16-8-6-9(19(23)24)11(17)10-12(8)18-14(22)15(13(10)21,20(25)26)7-4-2-1-3-5-7/h1-6H,(H,18,22). The zero-order valence-electron chi connectivity index (χ0n) is 12.6. The van der Waals surface area contributed by atoms with Crippen molar-refractivity contribution in [2.24, 2.45) is 0 Å². The highest BCUT2D eigenvalue weighted by Crippen LogP contribution is 2.46. The van der Waals surface area contributed by atoms with Crippen LogP contribution in [0, 0.1) is 20.2 Å². The third kappa shape index (κ3) is 2.25. The lowest BCUT2D eigenvalue weighted by molar-refractivity contribution is -0.540. The Balaban J connectivity index is 2.39. The molecule has 0 saturated carbocycles. The van der Waals surface area contributed by atoms with Crippen molar-refractivity contribution in [2.75, 3.05) is 5.32 Å². The van der Waals surface area contributed by atoms with E-state index in [4.69, 9.17) is 23.2 Å². The van der Waals surface area contributed by atoms with E-state index in [1.807, 2.05) is 0 Å². The summed E-state index contributed by atoms with van der Waals surface area (Å²) >= 11 is 11.9. The summed E-state index contributed by atoms with van der Waals surface area (Å²) in [4.78, 5) is 46.7. The van der Waals surface area contributed by atoms with E-state index < -0.39 is 43.3 Å². The molecule has 26 heavy (non-hydrogen) atoms. The van der Waals surface area contributed by atoms with Crippen molar-refractivity contribution in [2.45, 2.75) is 5.54 Å². The second-order valence-electron chi connectivity index (χ2n) is 5.32. The van der Waals surface area contributed by atoms with Gasteiger partial charge in [-0.25, -0.2) is 0 Å². The van der Waals surface area contributed by atoms with Gasteiger partial charge in [0.05, 0.1) is 21.2 Å². The Morgan fingerprint density at radius 1 is 1.04 bits per heavy atom. The number of benzene rings is 2. The summed E-state index contributed by atoms with van der Waals surface area (Å²) in [7, 11) is 0. The van der Waals surface area contributed by atoms with E-state index in [1.165, 1.54) is 24.3 Å². The number of nitrogens with zero attached hydrogens (tertiary/aromatic N) is 2. The molecule has 0 radical (unpaired) electrons. The summed E-state index contributed by atoms with van der Waals surface area (Å²) in [6, 6.07) is 7.70. The first-order chi connectivity index (χ1) is 12.2. The fraction of sp³-hybridized carbons (Fsp3) is 0.0667. The number of hydrogen-bond donors (Lipinski definition) is 1. The molecule has 0 aliphatic carbocycles. The third-order valence-corrected chi connectivity index (χ3v) is 4.66. The van der Waals surface area contributed by atoms with Gasteiger partial charge >= 0.3 is 11.4 Å². The summed E-state index contributed by atoms with van der Waals surface area (Å²) in [5.41, 5.74) is -4.63. The maximum Gasteiger partial charge on any atom is 0.385 e. The number of rotatable bonds is 3. The summed E-state index contributed by atoms with van der Waals surface area (Å²) in [5.74, 6) is -2.54. The van der Waals surface area contributed by atoms with E-state index in [2.05, 4.69) is 5.32 Å². The molecule has 1 aliphatic heterocycles. The Labute approximate surface area is 154 Å². The quantitative estimate of drug-likeness (QED) is 0.481. The van der Waals surface area contributed by atoms with Crippen LogP contribution in [0.25, 0.3) is 0 Å². The first kappa shape index (κ1) is 17.8. The Hall–Kier alpha value is -3.04. The molecule has 11 heteroatoms. The zero-order chi connectivity index (χ0) is 19.2. The second-order valence-corrected chi connectivity index (χ2v) is 6.10. The summed E-state index contributed by atoms with van der Waals surface area (Å²) in [6.45, 7) is 0. The highest BCUT2D eigenvalue weighted by atomic mass is 35.5. The van der Waals surface area contributed by atoms with Gasteiger partial charge in [-0.05, 0) is 0 Å². The van der Waals surface area contributed by atoms with Gasteiger partial charge in [-0.2, -0.15) is 0 Å². The fourth-order valence-electron chi connectivity index (χ4n) is 2.78. The van der Waals surface area contributed by atoms with Crippen LogP contribution in [-0.4, -0.2) is 21.5 Å². The van der Waals surface area contributed by atoms with Crippen molar-refractivity contribution < 1.29 is 19.4 Å². The van der Waals surface area contributed by atoms with E-state index >= 15 is 0 Å². The molecule has 1 atom stereocenters. The average molecular weight is 396 g/mol. The van der Waals surface area contributed by atoms with E-state index in [1.54, 1.807) is 6.07 Å². The van der Waals surface area contributed by atoms with Gasteiger partial charge in [0.2, 0.25) is 0 Å². The highest BCUT2D eigenvalue weighted by Gasteiger charge is 2.64. The van der Waals surface area contributed by atoms with Crippen LogP contribution in [0.2, 0.25) is 10.0 Å². The molecular formula is C15H7Cl2N3O6. The topological polar surface area (TPSA) is 132 Å². The van der Waals surface area contributed by atoms with E-state index in [9.17, 15) is 29.8 Å². The summed E-state index contributed by atoms with van der Waals surface area (Å²) < 4.78 is 0. The lowest BCUT2D eigenvalue weighted by atomic mass is 9.79. The Morgan fingerprint density at radius 3 is 2.19 bits per heavy atom. The number of hydrogen-bond acceptors (Lipinski definition) is 6. The molecule has 0 fully saturated rings. The average Bonchev–Trinajstić information content (AvgIpc) is 2.58. The maximum absolute atomic E-state index is 13.1. The minimum Gasteiger partial charge on any atom is -0.317 e. The minimum atomic E-state index is -2.84. The molecular weight excluding hydrogens is 389 g/mol. The van der Waals surface area contributed by atoms with Crippen molar-refractivity contribution >= 4 is 46.3 Å². The highest BCUT2D eigenvalue weighted by molar-refractivity contribution is 6.43. The lowest BCUT2D eigenvalue weighted by Crippen LogP contribution is -2.56. The first-order valence-corrected chi connectivity index (χ1v) is 7.71. The van der Waals surface area contributed by atoms with Crippen LogP contribution in [0.15, 0.2) is 36.4 Å². The molecule has 1 aliphatic rings. The van der Waals surface area contributed by atoms with Crippen LogP contribution in [0.4, 0.5) is 11.4 Å². The van der Waals surface area contributed by atoms with Crippen LogP contribution in [-0.2, 0) is 10.3 Å². The summed E-state index contributed by atoms with van der Waals surface area (Å²) in [6.07, 6.45) is 0. The lowest BCUT2D eigenvalue weighted by Gasteiger charge is -2.29. The molecule has 1 amide bonds. The van der Waals surface area contributed by atoms with Gasteiger partial charge < -0.3 is 5.32 Å². The van der Waals surface area contributed by atoms with Gasteiger partial charge in [-0.3, -0.25) is 29.8 Å². The Kier molecular flexibility index (Phi) is 4.13. The smallest absolute Gasteiger partial charge is 0.317 e.